The second-order valence-electron chi connectivity index (χ2n) is 15.8. The molecule has 0 aromatic carbocycles. The third kappa shape index (κ3) is 14.9. The minimum atomic E-state index is -5.44. The second kappa shape index (κ2) is 17.6. The van der Waals surface area contributed by atoms with Crippen molar-refractivity contribution in [3.05, 3.63) is 0 Å². The van der Waals surface area contributed by atoms with Crippen molar-refractivity contribution in [2.24, 2.45) is 21.7 Å². The standard InChI is InChI=1S/C32H49F7N4O9/c1-26(2)9-21(11-28(5,13-26)15-41-23(44)48-8-7-33)42-24(45)49-17-30(34,35)32(38,39)52-20-51-31(36,37)18-50-25(46)43-22-10-27(3,4)14-29(6,12-22)16-47-19-40/h21-22H,7-18,20H2,1-6H3,(H,41,44)(H,42,45)(H,43,46). The van der Waals surface area contributed by atoms with E-state index in [-0.39, 0.29) is 25.0 Å². The van der Waals surface area contributed by atoms with Crippen LogP contribution in [0.5, 0.6) is 0 Å². The molecular formula is C32H49F7N4O9. The van der Waals surface area contributed by atoms with Crippen molar-refractivity contribution in [3.63, 3.8) is 0 Å². The van der Waals surface area contributed by atoms with Gasteiger partial charge in [-0.1, -0.05) is 41.5 Å². The van der Waals surface area contributed by atoms with Gasteiger partial charge in [-0.2, -0.15) is 31.6 Å². The highest BCUT2D eigenvalue weighted by atomic mass is 19.3. The molecule has 2 rings (SSSR count). The maximum absolute atomic E-state index is 14.3. The minimum absolute atomic E-state index is 0.0660. The highest BCUT2D eigenvalue weighted by Crippen LogP contribution is 2.47. The van der Waals surface area contributed by atoms with Gasteiger partial charge < -0.3 is 34.9 Å². The van der Waals surface area contributed by atoms with Crippen molar-refractivity contribution in [1.29, 1.82) is 5.26 Å². The molecule has 20 heteroatoms. The summed E-state index contributed by atoms with van der Waals surface area (Å²) in [7, 11) is 0. The number of ether oxygens (including phenoxy) is 6. The molecule has 0 spiro atoms. The average Bonchev–Trinajstić information content (AvgIpc) is 2.97. The Morgan fingerprint density at radius 1 is 0.750 bits per heavy atom. The first kappa shape index (κ1) is 44.7. The molecule has 0 aliphatic heterocycles. The van der Waals surface area contributed by atoms with Gasteiger partial charge in [-0.25, -0.2) is 18.8 Å². The zero-order valence-electron chi connectivity index (χ0n) is 30.1. The molecule has 2 aliphatic rings. The SMILES string of the molecule is CC1(C)CC(NC(=O)OCC(F)(F)C(F)(F)OCOC(F)(F)COC(=O)NC2CC(C)(C)CC(C)(COC#N)C2)CC(C)(CNC(=O)OCCF)C1. The Balaban J connectivity index is 1.82. The molecule has 4 unspecified atom stereocenters. The molecule has 52 heavy (non-hydrogen) atoms. The van der Waals surface area contributed by atoms with E-state index >= 15 is 0 Å². The molecule has 0 aromatic heterocycles. The lowest BCUT2D eigenvalue weighted by atomic mass is 9.62. The van der Waals surface area contributed by atoms with Gasteiger partial charge in [-0.15, -0.1) is 0 Å². The van der Waals surface area contributed by atoms with Crippen molar-refractivity contribution in [2.45, 2.75) is 110 Å². The lowest BCUT2D eigenvalue weighted by molar-refractivity contribution is -0.395. The predicted octanol–water partition coefficient (Wildman–Crippen LogP) is 6.61. The van der Waals surface area contributed by atoms with Crippen LogP contribution >= 0.6 is 0 Å². The average molecular weight is 767 g/mol. The normalized spacial score (nSPS) is 25.9. The summed E-state index contributed by atoms with van der Waals surface area (Å²) in [5.41, 5.74) is -1.91. The molecule has 2 saturated carbocycles. The number of carbonyl (C=O) groups excluding carboxylic acids is 3. The quantitative estimate of drug-likeness (QED) is 0.0635. The number of alkyl halides is 7. The first-order valence-corrected chi connectivity index (χ1v) is 16.5. The van der Waals surface area contributed by atoms with E-state index in [1.807, 2.05) is 34.6 Å². The third-order valence-corrected chi connectivity index (χ3v) is 8.68. The summed E-state index contributed by atoms with van der Waals surface area (Å²) < 4.78 is 123. The minimum Gasteiger partial charge on any atom is -0.447 e. The molecular weight excluding hydrogens is 717 g/mol. The van der Waals surface area contributed by atoms with E-state index in [0.717, 1.165) is 0 Å². The summed E-state index contributed by atoms with van der Waals surface area (Å²) >= 11 is 0. The number of nitriles is 1. The summed E-state index contributed by atoms with van der Waals surface area (Å²) in [5.74, 6) is -5.19. The Kier molecular flexibility index (Phi) is 15.1. The number of hydrogen-bond donors (Lipinski definition) is 3. The molecule has 3 amide bonds. The van der Waals surface area contributed by atoms with Crippen LogP contribution in [0, 0.1) is 33.2 Å². The van der Waals surface area contributed by atoms with Crippen LogP contribution in [0.4, 0.5) is 45.1 Å². The largest absolute Gasteiger partial charge is 0.447 e. The molecule has 300 valence electrons. The first-order chi connectivity index (χ1) is 23.7. The second-order valence-corrected chi connectivity index (χ2v) is 15.8. The van der Waals surface area contributed by atoms with E-state index in [2.05, 4.69) is 39.6 Å². The summed E-state index contributed by atoms with van der Waals surface area (Å²) in [6, 6.07) is -1.23. The monoisotopic (exact) mass is 766 g/mol. The Hall–Kier alpha value is -3.47. The van der Waals surface area contributed by atoms with Gasteiger partial charge in [-0.05, 0) is 54.8 Å². The molecule has 0 heterocycles. The predicted molar refractivity (Wildman–Crippen MR) is 167 cm³/mol. The van der Waals surface area contributed by atoms with Crippen LogP contribution < -0.4 is 16.0 Å². The molecule has 3 N–H and O–H groups in total. The van der Waals surface area contributed by atoms with Gasteiger partial charge in [0, 0.05) is 24.0 Å². The highest BCUT2D eigenvalue weighted by molar-refractivity contribution is 5.68. The van der Waals surface area contributed by atoms with Crippen LogP contribution in [0.2, 0.25) is 0 Å². The van der Waals surface area contributed by atoms with Gasteiger partial charge in [0.2, 0.25) is 0 Å². The molecule has 4 atom stereocenters. The summed E-state index contributed by atoms with van der Waals surface area (Å²) in [4.78, 5) is 36.3. The Morgan fingerprint density at radius 3 is 1.81 bits per heavy atom. The molecule has 0 aromatic rings. The summed E-state index contributed by atoms with van der Waals surface area (Å²) in [6.07, 6.45) is -9.34. The number of rotatable bonds is 17. The maximum atomic E-state index is 14.3. The molecule has 2 fully saturated rings. The number of halogens is 7. The maximum Gasteiger partial charge on any atom is 0.424 e. The Labute approximate surface area is 297 Å². The van der Waals surface area contributed by atoms with Crippen molar-refractivity contribution in [2.75, 3.05) is 46.4 Å². The summed E-state index contributed by atoms with van der Waals surface area (Å²) in [5, 5.41) is 16.0. The van der Waals surface area contributed by atoms with Gasteiger partial charge in [0.05, 0.1) is 0 Å². The van der Waals surface area contributed by atoms with Crippen LogP contribution in [-0.4, -0.2) is 94.9 Å². The van der Waals surface area contributed by atoms with Crippen LogP contribution in [0.25, 0.3) is 0 Å². The van der Waals surface area contributed by atoms with Crippen molar-refractivity contribution in [1.82, 2.24) is 16.0 Å². The number of nitrogens with zero attached hydrogens (tertiary/aromatic N) is 1. The van der Waals surface area contributed by atoms with Crippen LogP contribution in [0.1, 0.15) is 80.1 Å². The van der Waals surface area contributed by atoms with E-state index in [4.69, 9.17) is 10.00 Å². The van der Waals surface area contributed by atoms with E-state index in [1.54, 1.807) is 13.2 Å². The molecule has 0 bridgehead atoms. The van der Waals surface area contributed by atoms with E-state index < -0.39 is 98.0 Å². The molecule has 0 saturated heterocycles. The topological polar surface area (TPSA) is 166 Å². The zero-order chi connectivity index (χ0) is 39.7. The van der Waals surface area contributed by atoms with Crippen LogP contribution in [0.15, 0.2) is 0 Å². The number of amides is 3. The smallest absolute Gasteiger partial charge is 0.424 e. The fraction of sp³-hybridized carbons (Fsp3) is 0.875. The van der Waals surface area contributed by atoms with E-state index in [0.29, 0.717) is 32.1 Å². The van der Waals surface area contributed by atoms with Gasteiger partial charge in [-0.3, -0.25) is 9.47 Å². The molecule has 2 aliphatic carbocycles. The van der Waals surface area contributed by atoms with Crippen molar-refractivity contribution < 1.29 is 73.5 Å². The number of carbonyl (C=O) groups is 3. The van der Waals surface area contributed by atoms with Gasteiger partial charge >= 0.3 is 36.4 Å². The van der Waals surface area contributed by atoms with Gasteiger partial charge in [0.15, 0.2) is 20.0 Å². The zero-order valence-corrected chi connectivity index (χ0v) is 30.1. The lowest BCUT2D eigenvalue weighted by Gasteiger charge is -2.46. The Bertz CT molecular complexity index is 1270. The number of alkyl carbamates (subject to hydrolysis) is 3. The molecule has 13 nitrogen and oxygen atoms in total. The third-order valence-electron chi connectivity index (χ3n) is 8.68. The summed E-state index contributed by atoms with van der Waals surface area (Å²) in [6.45, 7) is 3.96. The van der Waals surface area contributed by atoms with Crippen LogP contribution in [-0.2, 0) is 28.4 Å². The van der Waals surface area contributed by atoms with Gasteiger partial charge in [0.25, 0.3) is 6.26 Å². The molecule has 0 radical (unpaired) electrons. The van der Waals surface area contributed by atoms with Crippen molar-refractivity contribution in [3.8, 4) is 6.26 Å². The lowest BCUT2D eigenvalue weighted by Crippen LogP contribution is -2.52. The van der Waals surface area contributed by atoms with Gasteiger partial charge in [0.1, 0.15) is 19.9 Å². The first-order valence-electron chi connectivity index (χ1n) is 16.5. The fourth-order valence-electron chi connectivity index (χ4n) is 7.53. The van der Waals surface area contributed by atoms with Crippen LogP contribution in [0.3, 0.4) is 0 Å². The number of hydrogen-bond acceptors (Lipinski definition) is 10. The Morgan fingerprint density at radius 2 is 1.27 bits per heavy atom. The number of nitrogens with one attached hydrogen (secondary N) is 3. The van der Waals surface area contributed by atoms with Crippen molar-refractivity contribution >= 4 is 18.3 Å². The highest BCUT2D eigenvalue weighted by Gasteiger charge is 2.59. The van der Waals surface area contributed by atoms with E-state index in [1.165, 1.54) is 0 Å². The van der Waals surface area contributed by atoms with E-state index in [9.17, 15) is 45.1 Å². The fourth-order valence-corrected chi connectivity index (χ4v) is 7.53.